The summed E-state index contributed by atoms with van der Waals surface area (Å²) in [7, 11) is 3.50. The van der Waals surface area contributed by atoms with Crippen LogP contribution in [-0.2, 0) is 16.9 Å². The summed E-state index contributed by atoms with van der Waals surface area (Å²) >= 11 is 0. The second-order valence-corrected chi connectivity index (χ2v) is 7.22. The predicted octanol–water partition coefficient (Wildman–Crippen LogP) is 2.45. The van der Waals surface area contributed by atoms with Gasteiger partial charge in [0.15, 0.2) is 0 Å². The summed E-state index contributed by atoms with van der Waals surface area (Å²) in [6, 6.07) is 11.2. The van der Waals surface area contributed by atoms with E-state index in [0.29, 0.717) is 43.7 Å². The van der Waals surface area contributed by atoms with Crippen molar-refractivity contribution in [1.29, 1.82) is 0 Å². The lowest BCUT2D eigenvalue weighted by atomic mass is 9.84. The minimum Gasteiger partial charge on any atom is -0.380 e. The summed E-state index contributed by atoms with van der Waals surface area (Å²) in [6.07, 6.45) is 3.14. The predicted molar refractivity (Wildman–Crippen MR) is 100 cm³/mol. The number of piperidine rings is 1. The molecule has 140 valence electrons. The van der Waals surface area contributed by atoms with Crippen molar-refractivity contribution in [1.82, 2.24) is 14.8 Å². The number of carbonyl (C=O) groups excluding carboxylic acids is 2. The van der Waals surface area contributed by atoms with E-state index in [1.165, 1.54) is 0 Å². The average Bonchev–Trinajstić information content (AvgIpc) is 2.92. The van der Waals surface area contributed by atoms with Crippen LogP contribution in [0.1, 0.15) is 44.8 Å². The van der Waals surface area contributed by atoms with Crippen LogP contribution in [0.4, 0.5) is 0 Å². The molecule has 1 saturated heterocycles. The van der Waals surface area contributed by atoms with Gasteiger partial charge in [-0.15, -0.1) is 0 Å². The number of fused-ring (bicyclic) bond motifs is 2. The molecule has 3 heterocycles. The van der Waals surface area contributed by atoms with Gasteiger partial charge in [-0.3, -0.25) is 14.6 Å². The SMILES string of the molecule is COCc1ccc(C(=O)N2CCC3(CC2)c2ncccc2C(=O)N3C)cc1. The Balaban J connectivity index is 1.50. The number of ether oxygens (including phenoxy) is 1. The number of amides is 2. The van der Waals surface area contributed by atoms with E-state index < -0.39 is 5.54 Å². The summed E-state index contributed by atoms with van der Waals surface area (Å²) in [5, 5.41) is 0. The molecule has 2 aromatic rings. The molecule has 6 nitrogen and oxygen atoms in total. The van der Waals surface area contributed by atoms with Gasteiger partial charge in [0.2, 0.25) is 0 Å². The minimum absolute atomic E-state index is 0.0200. The third-order valence-corrected chi connectivity index (χ3v) is 5.82. The number of hydrogen-bond donors (Lipinski definition) is 0. The molecule has 0 radical (unpaired) electrons. The van der Waals surface area contributed by atoms with Crippen molar-refractivity contribution in [2.75, 3.05) is 27.2 Å². The summed E-state index contributed by atoms with van der Waals surface area (Å²) in [6.45, 7) is 1.74. The number of rotatable bonds is 3. The lowest BCUT2D eigenvalue weighted by Crippen LogP contribution is -2.51. The zero-order chi connectivity index (χ0) is 19.0. The summed E-state index contributed by atoms with van der Waals surface area (Å²) in [5.74, 6) is 0.0497. The van der Waals surface area contributed by atoms with E-state index in [0.717, 1.165) is 11.3 Å². The first-order valence-electron chi connectivity index (χ1n) is 9.17. The maximum atomic E-state index is 12.9. The first-order chi connectivity index (χ1) is 13.1. The van der Waals surface area contributed by atoms with Crippen LogP contribution in [0.2, 0.25) is 0 Å². The summed E-state index contributed by atoms with van der Waals surface area (Å²) in [4.78, 5) is 33.6. The molecule has 2 amide bonds. The fourth-order valence-electron chi connectivity index (χ4n) is 4.23. The van der Waals surface area contributed by atoms with Crippen molar-refractivity contribution in [2.24, 2.45) is 0 Å². The Bertz CT molecular complexity index is 870. The van der Waals surface area contributed by atoms with Gasteiger partial charge in [0.1, 0.15) is 0 Å². The Morgan fingerprint density at radius 1 is 1.19 bits per heavy atom. The van der Waals surface area contributed by atoms with Gasteiger partial charge in [0.25, 0.3) is 11.8 Å². The molecule has 0 bridgehead atoms. The Hall–Kier alpha value is -2.73. The summed E-state index contributed by atoms with van der Waals surface area (Å²) in [5.41, 5.74) is 2.87. The smallest absolute Gasteiger partial charge is 0.256 e. The van der Waals surface area contributed by atoms with E-state index in [2.05, 4.69) is 4.98 Å². The number of methoxy groups -OCH3 is 1. The van der Waals surface area contributed by atoms with Crippen molar-refractivity contribution in [3.05, 3.63) is 65.0 Å². The second kappa shape index (κ2) is 6.78. The van der Waals surface area contributed by atoms with Gasteiger partial charge >= 0.3 is 0 Å². The van der Waals surface area contributed by atoms with Crippen molar-refractivity contribution in [3.8, 4) is 0 Å². The van der Waals surface area contributed by atoms with Crippen LogP contribution in [0.3, 0.4) is 0 Å². The van der Waals surface area contributed by atoms with Gasteiger partial charge in [-0.25, -0.2) is 0 Å². The van der Waals surface area contributed by atoms with E-state index in [9.17, 15) is 9.59 Å². The monoisotopic (exact) mass is 365 g/mol. The Morgan fingerprint density at radius 3 is 2.56 bits per heavy atom. The van der Waals surface area contributed by atoms with E-state index >= 15 is 0 Å². The number of benzene rings is 1. The molecule has 2 aliphatic rings. The quantitative estimate of drug-likeness (QED) is 0.838. The standard InChI is InChI=1S/C21H23N3O3/c1-23-20(26)17-4-3-11-22-18(17)21(23)9-12-24(13-10-21)19(25)16-7-5-15(6-8-16)14-27-2/h3-8,11H,9-10,12-14H2,1-2H3. The van der Waals surface area contributed by atoms with E-state index in [1.54, 1.807) is 19.4 Å². The third-order valence-electron chi connectivity index (χ3n) is 5.82. The largest absolute Gasteiger partial charge is 0.380 e. The van der Waals surface area contributed by atoms with E-state index in [-0.39, 0.29) is 11.8 Å². The lowest BCUT2D eigenvalue weighted by molar-refractivity contribution is 0.0336. The summed E-state index contributed by atoms with van der Waals surface area (Å²) < 4.78 is 5.11. The molecule has 0 N–H and O–H groups in total. The van der Waals surface area contributed by atoms with Gasteiger partial charge in [0.05, 0.1) is 23.4 Å². The number of pyridine rings is 1. The highest BCUT2D eigenvalue weighted by Crippen LogP contribution is 2.44. The van der Waals surface area contributed by atoms with E-state index in [1.807, 2.05) is 47.2 Å². The molecule has 0 unspecified atom stereocenters. The molecule has 2 aliphatic heterocycles. The van der Waals surface area contributed by atoms with Crippen LogP contribution < -0.4 is 0 Å². The third kappa shape index (κ3) is 2.80. The Morgan fingerprint density at radius 2 is 1.89 bits per heavy atom. The molecule has 0 saturated carbocycles. The van der Waals surface area contributed by atoms with Crippen LogP contribution in [0.5, 0.6) is 0 Å². The Kier molecular flexibility index (Phi) is 4.44. The molecule has 1 spiro atoms. The minimum atomic E-state index is -0.396. The van der Waals surface area contributed by atoms with Crippen LogP contribution in [0.25, 0.3) is 0 Å². The van der Waals surface area contributed by atoms with Crippen LogP contribution in [0, 0.1) is 0 Å². The van der Waals surface area contributed by atoms with Gasteiger partial charge in [-0.2, -0.15) is 0 Å². The maximum Gasteiger partial charge on any atom is 0.256 e. The fraction of sp³-hybridized carbons (Fsp3) is 0.381. The van der Waals surface area contributed by atoms with Crippen LogP contribution >= 0.6 is 0 Å². The number of carbonyl (C=O) groups is 2. The normalized spacial score (nSPS) is 18.1. The van der Waals surface area contributed by atoms with Crippen molar-refractivity contribution in [2.45, 2.75) is 25.0 Å². The number of hydrogen-bond acceptors (Lipinski definition) is 4. The Labute approximate surface area is 158 Å². The van der Waals surface area contributed by atoms with Crippen molar-refractivity contribution >= 4 is 11.8 Å². The maximum absolute atomic E-state index is 12.9. The first kappa shape index (κ1) is 17.7. The van der Waals surface area contributed by atoms with Crippen LogP contribution in [-0.4, -0.2) is 53.8 Å². The molecule has 0 atom stereocenters. The van der Waals surface area contributed by atoms with Crippen molar-refractivity contribution < 1.29 is 14.3 Å². The number of likely N-dealkylation sites (tertiary alicyclic amines) is 1. The molecule has 4 rings (SSSR count). The highest BCUT2D eigenvalue weighted by Gasteiger charge is 2.50. The first-order valence-corrected chi connectivity index (χ1v) is 9.17. The molecule has 0 aliphatic carbocycles. The highest BCUT2D eigenvalue weighted by molar-refractivity contribution is 5.99. The average molecular weight is 365 g/mol. The fourth-order valence-corrected chi connectivity index (χ4v) is 4.23. The number of nitrogens with zero attached hydrogens (tertiary/aromatic N) is 3. The molecule has 1 aromatic heterocycles. The zero-order valence-corrected chi connectivity index (χ0v) is 15.6. The van der Waals surface area contributed by atoms with E-state index in [4.69, 9.17) is 4.74 Å². The molecular formula is C21H23N3O3. The van der Waals surface area contributed by atoms with Gasteiger partial charge in [0, 0.05) is 39.0 Å². The molecule has 27 heavy (non-hydrogen) atoms. The zero-order valence-electron chi connectivity index (χ0n) is 15.6. The molecule has 6 heteroatoms. The molecule has 1 fully saturated rings. The van der Waals surface area contributed by atoms with Crippen LogP contribution in [0.15, 0.2) is 42.6 Å². The van der Waals surface area contributed by atoms with Crippen molar-refractivity contribution in [3.63, 3.8) is 0 Å². The van der Waals surface area contributed by atoms with Gasteiger partial charge in [-0.1, -0.05) is 12.1 Å². The lowest BCUT2D eigenvalue weighted by Gasteiger charge is -2.43. The second-order valence-electron chi connectivity index (χ2n) is 7.22. The topological polar surface area (TPSA) is 62.7 Å². The van der Waals surface area contributed by atoms with Gasteiger partial charge < -0.3 is 14.5 Å². The highest BCUT2D eigenvalue weighted by atomic mass is 16.5. The van der Waals surface area contributed by atoms with Gasteiger partial charge in [-0.05, 0) is 42.7 Å². The number of aromatic nitrogens is 1. The molecular weight excluding hydrogens is 342 g/mol. The molecule has 1 aromatic carbocycles.